The van der Waals surface area contributed by atoms with Gasteiger partial charge in [0, 0.05) is 5.57 Å². The number of fused-ring (bicyclic) bond motifs is 1. The molecule has 2 nitrogen and oxygen atoms in total. The molecule has 0 radical (unpaired) electrons. The standard InChI is InChI=1S/C11H8F2O2/c12-7-3-1-6-2-4-8(9(6)5-7)10(13)11(14)15/h1,3-5,10H,2H2,(H,14,15). The maximum atomic E-state index is 13.3. The third-order valence-electron chi connectivity index (χ3n) is 2.41. The van der Waals surface area contributed by atoms with Crippen molar-refractivity contribution in [1.29, 1.82) is 0 Å². The van der Waals surface area contributed by atoms with Crippen molar-refractivity contribution in [2.75, 3.05) is 0 Å². The fraction of sp³-hybridized carbons (Fsp3) is 0.182. The highest BCUT2D eigenvalue weighted by molar-refractivity contribution is 5.92. The molecule has 1 unspecified atom stereocenters. The second-order valence-electron chi connectivity index (χ2n) is 3.37. The molecule has 0 aliphatic heterocycles. The molecule has 1 atom stereocenters. The number of allylic oxidation sites excluding steroid dienone is 1. The first-order valence-corrected chi connectivity index (χ1v) is 4.45. The van der Waals surface area contributed by atoms with Crippen LogP contribution in [0, 0.1) is 5.82 Å². The van der Waals surface area contributed by atoms with E-state index in [0.717, 1.165) is 5.56 Å². The van der Waals surface area contributed by atoms with E-state index in [1.54, 1.807) is 6.07 Å². The smallest absolute Gasteiger partial charge is 0.343 e. The van der Waals surface area contributed by atoms with E-state index in [0.29, 0.717) is 12.0 Å². The van der Waals surface area contributed by atoms with E-state index in [2.05, 4.69) is 0 Å². The number of carboxylic acid groups (broad SMARTS) is 1. The Labute approximate surface area is 84.8 Å². The van der Waals surface area contributed by atoms with Gasteiger partial charge in [0.1, 0.15) is 5.82 Å². The van der Waals surface area contributed by atoms with Crippen LogP contribution in [0.1, 0.15) is 11.1 Å². The number of carbonyl (C=O) groups is 1. The van der Waals surface area contributed by atoms with Crippen LogP contribution in [0.2, 0.25) is 0 Å². The molecule has 4 heteroatoms. The molecule has 0 amide bonds. The molecule has 0 aromatic heterocycles. The average Bonchev–Trinajstić information content (AvgIpc) is 2.59. The van der Waals surface area contributed by atoms with Crippen molar-refractivity contribution in [1.82, 2.24) is 0 Å². The number of halogens is 2. The highest BCUT2D eigenvalue weighted by Gasteiger charge is 2.27. The van der Waals surface area contributed by atoms with Crippen molar-refractivity contribution in [3.63, 3.8) is 0 Å². The Morgan fingerprint density at radius 2 is 2.20 bits per heavy atom. The zero-order chi connectivity index (χ0) is 11.0. The summed E-state index contributed by atoms with van der Waals surface area (Å²) in [5.74, 6) is -2.03. The summed E-state index contributed by atoms with van der Waals surface area (Å²) < 4.78 is 26.2. The van der Waals surface area contributed by atoms with E-state index < -0.39 is 18.0 Å². The Morgan fingerprint density at radius 3 is 2.87 bits per heavy atom. The summed E-state index contributed by atoms with van der Waals surface area (Å²) in [6, 6.07) is 4.00. The molecule has 1 aliphatic rings. The molecule has 1 aromatic carbocycles. The number of alkyl halides is 1. The Bertz CT molecular complexity index is 452. The molecule has 0 heterocycles. The molecule has 2 rings (SSSR count). The van der Waals surface area contributed by atoms with E-state index >= 15 is 0 Å². The van der Waals surface area contributed by atoms with Crippen LogP contribution in [0.5, 0.6) is 0 Å². The highest BCUT2D eigenvalue weighted by Crippen LogP contribution is 2.31. The lowest BCUT2D eigenvalue weighted by atomic mass is 10.0. The first-order valence-electron chi connectivity index (χ1n) is 4.45. The molecular weight excluding hydrogens is 202 g/mol. The van der Waals surface area contributed by atoms with E-state index in [1.165, 1.54) is 18.2 Å². The molecule has 1 N–H and O–H groups in total. The summed E-state index contributed by atoms with van der Waals surface area (Å²) in [7, 11) is 0. The topological polar surface area (TPSA) is 37.3 Å². The number of hydrogen-bond donors (Lipinski definition) is 1. The maximum Gasteiger partial charge on any atom is 0.343 e. The third-order valence-corrected chi connectivity index (χ3v) is 2.41. The normalized spacial score (nSPS) is 15.7. The molecule has 0 bridgehead atoms. The lowest BCUT2D eigenvalue weighted by molar-refractivity contribution is -0.140. The average molecular weight is 210 g/mol. The summed E-state index contributed by atoms with van der Waals surface area (Å²) in [4.78, 5) is 10.5. The zero-order valence-corrected chi connectivity index (χ0v) is 7.71. The molecule has 1 aromatic rings. The van der Waals surface area contributed by atoms with Gasteiger partial charge in [-0.25, -0.2) is 13.6 Å². The van der Waals surface area contributed by atoms with Gasteiger partial charge in [-0.3, -0.25) is 0 Å². The van der Waals surface area contributed by atoms with Gasteiger partial charge in [0.15, 0.2) is 0 Å². The summed E-state index contributed by atoms with van der Waals surface area (Å²) in [6.07, 6.45) is -0.130. The van der Waals surface area contributed by atoms with Crippen molar-refractivity contribution in [3.05, 3.63) is 41.2 Å². The van der Waals surface area contributed by atoms with Crippen LogP contribution < -0.4 is 0 Å². The fourth-order valence-corrected chi connectivity index (χ4v) is 1.70. The molecular formula is C11H8F2O2. The molecule has 15 heavy (non-hydrogen) atoms. The van der Waals surface area contributed by atoms with Gasteiger partial charge < -0.3 is 5.11 Å². The van der Waals surface area contributed by atoms with Gasteiger partial charge in [-0.1, -0.05) is 12.1 Å². The summed E-state index contributed by atoms with van der Waals surface area (Å²) in [5, 5.41) is 8.53. The van der Waals surface area contributed by atoms with Crippen LogP contribution >= 0.6 is 0 Å². The monoisotopic (exact) mass is 210 g/mol. The summed E-state index contributed by atoms with van der Waals surface area (Å²) in [6.45, 7) is 0. The quantitative estimate of drug-likeness (QED) is 0.812. The predicted octanol–water partition coefficient (Wildman–Crippen LogP) is 2.19. The third kappa shape index (κ3) is 1.63. The maximum absolute atomic E-state index is 13.3. The second-order valence-corrected chi connectivity index (χ2v) is 3.37. The van der Waals surface area contributed by atoms with Crippen LogP contribution in [0.4, 0.5) is 8.78 Å². The molecule has 1 aliphatic carbocycles. The van der Waals surface area contributed by atoms with Gasteiger partial charge >= 0.3 is 5.97 Å². The summed E-state index contributed by atoms with van der Waals surface area (Å²) >= 11 is 0. The van der Waals surface area contributed by atoms with Crippen LogP contribution in [-0.2, 0) is 11.2 Å². The minimum atomic E-state index is -2.08. The minimum Gasteiger partial charge on any atom is -0.479 e. The van der Waals surface area contributed by atoms with Crippen LogP contribution in [0.3, 0.4) is 0 Å². The van der Waals surface area contributed by atoms with Crippen LogP contribution in [-0.4, -0.2) is 17.2 Å². The zero-order valence-electron chi connectivity index (χ0n) is 7.71. The fourth-order valence-electron chi connectivity index (χ4n) is 1.70. The number of benzene rings is 1. The van der Waals surface area contributed by atoms with Gasteiger partial charge in [-0.05, 0) is 29.7 Å². The molecule has 0 saturated heterocycles. The SMILES string of the molecule is O=C(O)C(F)C1=CCc2ccc(F)cc21. The van der Waals surface area contributed by atoms with Crippen molar-refractivity contribution in [2.24, 2.45) is 0 Å². The van der Waals surface area contributed by atoms with Crippen LogP contribution in [0.25, 0.3) is 5.57 Å². The van der Waals surface area contributed by atoms with Crippen molar-refractivity contribution >= 4 is 11.5 Å². The van der Waals surface area contributed by atoms with Gasteiger partial charge in [0.05, 0.1) is 0 Å². The lowest BCUT2D eigenvalue weighted by Gasteiger charge is -2.07. The van der Waals surface area contributed by atoms with E-state index in [9.17, 15) is 13.6 Å². The molecule has 0 spiro atoms. The van der Waals surface area contributed by atoms with Crippen LogP contribution in [0.15, 0.2) is 24.3 Å². The van der Waals surface area contributed by atoms with E-state index in [1.807, 2.05) is 0 Å². The lowest BCUT2D eigenvalue weighted by Crippen LogP contribution is -2.15. The first kappa shape index (κ1) is 9.83. The molecule has 78 valence electrons. The van der Waals surface area contributed by atoms with Crippen molar-refractivity contribution in [3.8, 4) is 0 Å². The second kappa shape index (κ2) is 3.46. The van der Waals surface area contributed by atoms with Gasteiger partial charge in [0.25, 0.3) is 0 Å². The summed E-state index contributed by atoms with van der Waals surface area (Å²) in [5.41, 5.74) is 1.18. The van der Waals surface area contributed by atoms with Gasteiger partial charge in [0.2, 0.25) is 6.17 Å². The number of hydrogen-bond acceptors (Lipinski definition) is 1. The molecule has 0 saturated carbocycles. The predicted molar refractivity (Wildman–Crippen MR) is 50.6 cm³/mol. The van der Waals surface area contributed by atoms with Gasteiger partial charge in [-0.15, -0.1) is 0 Å². The largest absolute Gasteiger partial charge is 0.479 e. The minimum absolute atomic E-state index is 0.0528. The number of rotatable bonds is 2. The Morgan fingerprint density at radius 1 is 1.47 bits per heavy atom. The Balaban J connectivity index is 2.42. The first-order chi connectivity index (χ1) is 7.09. The highest BCUT2D eigenvalue weighted by atomic mass is 19.1. The molecule has 0 fully saturated rings. The number of aliphatic carboxylic acids is 1. The van der Waals surface area contributed by atoms with E-state index in [-0.39, 0.29) is 5.57 Å². The van der Waals surface area contributed by atoms with E-state index in [4.69, 9.17) is 5.11 Å². The van der Waals surface area contributed by atoms with Crippen molar-refractivity contribution < 1.29 is 18.7 Å². The Kier molecular flexibility index (Phi) is 2.26. The number of carboxylic acids is 1. The van der Waals surface area contributed by atoms with Gasteiger partial charge in [-0.2, -0.15) is 0 Å². The van der Waals surface area contributed by atoms with Crippen molar-refractivity contribution in [2.45, 2.75) is 12.6 Å². The Hall–Kier alpha value is -1.71.